The van der Waals surface area contributed by atoms with Crippen LogP contribution in [0, 0.1) is 19.8 Å². The quantitative estimate of drug-likeness (QED) is 0.822. The molecule has 1 aliphatic heterocycles. The molecular weight excluding hydrogens is 280 g/mol. The molecule has 0 aromatic heterocycles. The summed E-state index contributed by atoms with van der Waals surface area (Å²) in [4.78, 5) is 25.4. The van der Waals surface area contributed by atoms with Crippen LogP contribution in [0.25, 0.3) is 0 Å². The van der Waals surface area contributed by atoms with Crippen molar-refractivity contribution in [2.45, 2.75) is 40.2 Å². The highest BCUT2D eigenvalue weighted by molar-refractivity contribution is 6.04. The molecule has 1 aromatic rings. The van der Waals surface area contributed by atoms with Gasteiger partial charge in [0.05, 0.1) is 6.54 Å². The van der Waals surface area contributed by atoms with Gasteiger partial charge in [0.2, 0.25) is 0 Å². The predicted octanol–water partition coefficient (Wildman–Crippen LogP) is 2.65. The molecule has 120 valence electrons. The number of hydrogen-bond donors (Lipinski definition) is 1. The zero-order valence-electron chi connectivity index (χ0n) is 13.7. The molecule has 1 N–H and O–H groups in total. The fourth-order valence-electron chi connectivity index (χ4n) is 2.69. The Morgan fingerprint density at radius 2 is 1.86 bits per heavy atom. The lowest BCUT2D eigenvalue weighted by atomic mass is 10.0. The lowest BCUT2D eigenvalue weighted by Gasteiger charge is -2.16. The smallest absolute Gasteiger partial charge is 0.324 e. The number of para-hydroxylation sites is 1. The molecule has 5 nitrogen and oxygen atoms in total. The highest BCUT2D eigenvalue weighted by Crippen LogP contribution is 2.22. The van der Waals surface area contributed by atoms with Crippen molar-refractivity contribution < 1.29 is 14.3 Å². The molecule has 0 aliphatic carbocycles. The van der Waals surface area contributed by atoms with E-state index in [1.54, 1.807) is 0 Å². The minimum atomic E-state index is -0.396. The Bertz CT molecular complexity index is 549. The van der Waals surface area contributed by atoms with Crippen LogP contribution < -0.4 is 10.1 Å². The lowest BCUT2D eigenvalue weighted by Crippen LogP contribution is -2.35. The van der Waals surface area contributed by atoms with E-state index >= 15 is 0 Å². The van der Waals surface area contributed by atoms with Gasteiger partial charge in [-0.15, -0.1) is 0 Å². The summed E-state index contributed by atoms with van der Waals surface area (Å²) in [5, 5.41) is 2.74. The third kappa shape index (κ3) is 3.59. The van der Waals surface area contributed by atoms with Crippen molar-refractivity contribution >= 4 is 11.9 Å². The number of carbonyl (C=O) groups excluding carboxylic acids is 2. The number of urea groups is 1. The summed E-state index contributed by atoms with van der Waals surface area (Å²) in [5.74, 6) is 1.04. The Morgan fingerprint density at radius 1 is 1.23 bits per heavy atom. The van der Waals surface area contributed by atoms with Crippen molar-refractivity contribution in [1.29, 1.82) is 0 Å². The fraction of sp³-hybridized carbons (Fsp3) is 0.529. The van der Waals surface area contributed by atoms with Crippen molar-refractivity contribution in [1.82, 2.24) is 10.2 Å². The Balaban J connectivity index is 1.92. The molecule has 22 heavy (non-hydrogen) atoms. The summed E-state index contributed by atoms with van der Waals surface area (Å²) < 4.78 is 5.77. The Labute approximate surface area is 131 Å². The van der Waals surface area contributed by atoms with E-state index in [4.69, 9.17) is 4.74 Å². The molecule has 0 saturated carbocycles. The summed E-state index contributed by atoms with van der Waals surface area (Å²) >= 11 is 0. The molecule has 1 heterocycles. The second kappa shape index (κ2) is 6.81. The van der Waals surface area contributed by atoms with Gasteiger partial charge in [-0.3, -0.25) is 9.69 Å². The number of rotatable bonds is 6. The number of carbonyl (C=O) groups is 2. The van der Waals surface area contributed by atoms with Crippen molar-refractivity contribution in [3.05, 3.63) is 29.3 Å². The molecule has 1 fully saturated rings. The maximum Gasteiger partial charge on any atom is 0.324 e. The summed E-state index contributed by atoms with van der Waals surface area (Å²) in [6.45, 7) is 8.61. The highest BCUT2D eigenvalue weighted by atomic mass is 16.5. The molecule has 1 aliphatic rings. The van der Waals surface area contributed by atoms with Gasteiger partial charge < -0.3 is 10.1 Å². The first kappa shape index (κ1) is 16.3. The molecule has 0 radical (unpaired) electrons. The van der Waals surface area contributed by atoms with Gasteiger partial charge in [0.25, 0.3) is 5.91 Å². The minimum absolute atomic E-state index is 0.149. The van der Waals surface area contributed by atoms with Crippen LogP contribution in [0.4, 0.5) is 4.79 Å². The number of aryl methyl sites for hydroxylation is 2. The van der Waals surface area contributed by atoms with Crippen LogP contribution in [0.15, 0.2) is 18.2 Å². The molecule has 0 spiro atoms. The first-order valence-electron chi connectivity index (χ1n) is 7.71. The molecule has 2 rings (SSSR count). The third-order valence-electron chi connectivity index (χ3n) is 3.78. The van der Waals surface area contributed by atoms with Crippen LogP contribution in [0.3, 0.4) is 0 Å². The van der Waals surface area contributed by atoms with Crippen molar-refractivity contribution in [3.8, 4) is 5.75 Å². The van der Waals surface area contributed by atoms with Crippen LogP contribution >= 0.6 is 0 Å². The lowest BCUT2D eigenvalue weighted by molar-refractivity contribution is -0.128. The van der Waals surface area contributed by atoms with E-state index in [1.165, 1.54) is 4.90 Å². The van der Waals surface area contributed by atoms with Gasteiger partial charge in [-0.25, -0.2) is 4.79 Å². The summed E-state index contributed by atoms with van der Waals surface area (Å²) in [6.07, 6.45) is 0.666. The van der Waals surface area contributed by atoms with Gasteiger partial charge in [-0.2, -0.15) is 0 Å². The summed E-state index contributed by atoms with van der Waals surface area (Å²) in [7, 11) is 0. The molecule has 3 amide bonds. The fourth-order valence-corrected chi connectivity index (χ4v) is 2.69. The first-order valence-corrected chi connectivity index (χ1v) is 7.71. The zero-order chi connectivity index (χ0) is 16.3. The zero-order valence-corrected chi connectivity index (χ0v) is 13.7. The van der Waals surface area contributed by atoms with Crippen molar-refractivity contribution in [2.75, 3.05) is 13.2 Å². The number of hydrogen-bond acceptors (Lipinski definition) is 3. The van der Waals surface area contributed by atoms with Gasteiger partial charge in [0, 0.05) is 0 Å². The van der Waals surface area contributed by atoms with Gasteiger partial charge >= 0.3 is 6.03 Å². The summed E-state index contributed by atoms with van der Waals surface area (Å²) in [5.41, 5.74) is 2.10. The van der Waals surface area contributed by atoms with Crippen LogP contribution in [-0.4, -0.2) is 36.0 Å². The second-order valence-electron chi connectivity index (χ2n) is 6.19. The third-order valence-corrected chi connectivity index (χ3v) is 3.78. The van der Waals surface area contributed by atoms with Gasteiger partial charge in [-0.05, 0) is 37.3 Å². The highest BCUT2D eigenvalue weighted by Gasteiger charge is 2.37. The van der Waals surface area contributed by atoms with E-state index in [2.05, 4.69) is 5.32 Å². The monoisotopic (exact) mass is 304 g/mol. The topological polar surface area (TPSA) is 58.6 Å². The van der Waals surface area contributed by atoms with Crippen LogP contribution in [0.5, 0.6) is 5.75 Å². The first-order chi connectivity index (χ1) is 10.4. The molecule has 1 saturated heterocycles. The normalized spacial score (nSPS) is 18.0. The molecule has 1 aromatic carbocycles. The standard InChI is InChI=1S/C17H24N2O3/c1-11(2)10-14-16(20)19(17(21)18-14)8-9-22-15-12(3)6-5-7-13(15)4/h5-7,11,14H,8-10H2,1-4H3,(H,18,21). The van der Waals surface area contributed by atoms with E-state index in [0.717, 1.165) is 16.9 Å². The van der Waals surface area contributed by atoms with Crippen LogP contribution in [0.2, 0.25) is 0 Å². The van der Waals surface area contributed by atoms with Gasteiger partial charge in [0.15, 0.2) is 0 Å². The summed E-state index contributed by atoms with van der Waals surface area (Å²) in [6, 6.07) is 5.23. The number of amides is 3. The maximum absolute atomic E-state index is 12.2. The average molecular weight is 304 g/mol. The van der Waals surface area contributed by atoms with E-state index in [1.807, 2.05) is 45.9 Å². The maximum atomic E-state index is 12.2. The van der Waals surface area contributed by atoms with E-state index in [0.29, 0.717) is 18.9 Å². The predicted molar refractivity (Wildman–Crippen MR) is 84.9 cm³/mol. The van der Waals surface area contributed by atoms with Gasteiger partial charge in [-0.1, -0.05) is 32.0 Å². The Kier molecular flexibility index (Phi) is 5.06. The minimum Gasteiger partial charge on any atom is -0.491 e. The van der Waals surface area contributed by atoms with E-state index in [9.17, 15) is 9.59 Å². The van der Waals surface area contributed by atoms with Crippen LogP contribution in [0.1, 0.15) is 31.4 Å². The molecular formula is C17H24N2O3. The molecule has 1 unspecified atom stereocenters. The Morgan fingerprint density at radius 3 is 2.45 bits per heavy atom. The average Bonchev–Trinajstić information content (AvgIpc) is 2.68. The number of imide groups is 1. The van der Waals surface area contributed by atoms with Crippen molar-refractivity contribution in [2.24, 2.45) is 5.92 Å². The largest absolute Gasteiger partial charge is 0.491 e. The Hall–Kier alpha value is -2.04. The van der Waals surface area contributed by atoms with E-state index < -0.39 is 6.04 Å². The number of benzene rings is 1. The van der Waals surface area contributed by atoms with Crippen LogP contribution in [-0.2, 0) is 4.79 Å². The molecule has 5 heteroatoms. The second-order valence-corrected chi connectivity index (χ2v) is 6.19. The number of ether oxygens (including phenoxy) is 1. The molecule has 1 atom stereocenters. The number of nitrogens with zero attached hydrogens (tertiary/aromatic N) is 1. The SMILES string of the molecule is Cc1cccc(C)c1OCCN1C(=O)NC(CC(C)C)C1=O. The molecule has 0 bridgehead atoms. The van der Waals surface area contributed by atoms with Crippen molar-refractivity contribution in [3.63, 3.8) is 0 Å². The van der Waals surface area contributed by atoms with E-state index in [-0.39, 0.29) is 18.5 Å². The number of nitrogens with one attached hydrogen (secondary N) is 1. The van der Waals surface area contributed by atoms with Gasteiger partial charge in [0.1, 0.15) is 18.4 Å².